The van der Waals surface area contributed by atoms with Gasteiger partial charge in [-0.3, -0.25) is 0 Å². The number of hydrogen-bond donors (Lipinski definition) is 0. The topological polar surface area (TPSA) is 34.1 Å². The maximum atomic E-state index is 14.0. The van der Waals surface area contributed by atoms with E-state index in [4.69, 9.17) is 0 Å². The summed E-state index contributed by atoms with van der Waals surface area (Å²) in [5.74, 6) is 0.925. The number of benzene rings is 2. The molecule has 33 heavy (non-hydrogen) atoms. The minimum atomic E-state index is -4.12. The van der Waals surface area contributed by atoms with E-state index in [-0.39, 0.29) is 8.63 Å². The van der Waals surface area contributed by atoms with Gasteiger partial charge in [0.05, 0.1) is 0 Å². The van der Waals surface area contributed by atoms with E-state index in [0.29, 0.717) is 11.6 Å². The van der Waals surface area contributed by atoms with Crippen LogP contribution in [0.15, 0.2) is 60.7 Å². The van der Waals surface area contributed by atoms with Gasteiger partial charge < -0.3 is 0 Å². The Morgan fingerprint density at radius 2 is 0.970 bits per heavy atom. The Hall–Kier alpha value is -2.22. The van der Waals surface area contributed by atoms with E-state index < -0.39 is 6.51 Å². The Kier molecular flexibility index (Phi) is 0.988. The number of rotatable bonds is 6. The summed E-state index contributed by atoms with van der Waals surface area (Å²) in [6.07, 6.45) is 8.01. The predicted molar refractivity (Wildman–Crippen MR) is 126 cm³/mol. The number of aryl methyl sites for hydroxylation is 2. The summed E-state index contributed by atoms with van der Waals surface area (Å²) in [6.45, 7) is 0.0684. The van der Waals surface area contributed by atoms with Crippen molar-refractivity contribution in [3.05, 3.63) is 82.9 Å². The van der Waals surface area contributed by atoms with Crippen LogP contribution in [-0.4, -0.2) is 11.6 Å². The van der Waals surface area contributed by atoms with Gasteiger partial charge in [0.1, 0.15) is 0 Å². The molecule has 1 spiro atoms. The molecule has 0 saturated carbocycles. The van der Waals surface area contributed by atoms with E-state index in [1.54, 1.807) is 0 Å². The van der Waals surface area contributed by atoms with Crippen molar-refractivity contribution in [2.75, 3.05) is 0 Å². The number of allylic oxidation sites excluding steroid dienone is 2. The van der Waals surface area contributed by atoms with Crippen LogP contribution in [0.1, 0.15) is 22.3 Å². The number of ketones is 2. The molecule has 10 saturated heterocycles. The third-order valence-corrected chi connectivity index (χ3v) is 61.3. The van der Waals surface area contributed by atoms with Crippen molar-refractivity contribution in [2.24, 2.45) is 0 Å². The molecular formula is C30H26FeO2. The number of fused-ring (bicyclic) bond motifs is 10. The van der Waals surface area contributed by atoms with Crippen LogP contribution in [0.25, 0.3) is 12.2 Å². The van der Waals surface area contributed by atoms with Crippen molar-refractivity contribution in [3.8, 4) is 0 Å². The summed E-state index contributed by atoms with van der Waals surface area (Å²) in [7, 11) is 0. The monoisotopic (exact) mass is 474 g/mol. The molecule has 8 atom stereocenters. The first-order chi connectivity index (χ1) is 15.7. The second-order valence-electron chi connectivity index (χ2n) is 15.0. The Balaban J connectivity index is 1.00. The summed E-state index contributed by atoms with van der Waals surface area (Å²) < 4.78 is 0.0892. The van der Waals surface area contributed by atoms with Crippen LogP contribution in [0.5, 0.6) is 0 Å². The second-order valence-corrected chi connectivity index (χ2v) is 38.2. The van der Waals surface area contributed by atoms with Crippen molar-refractivity contribution in [2.45, 2.75) is 61.0 Å². The number of carbonyl (C=O) groups excluding carboxylic acids is 2. The van der Waals surface area contributed by atoms with Crippen LogP contribution in [0, 0.1) is 13.8 Å². The van der Waals surface area contributed by atoms with Crippen molar-refractivity contribution >= 4 is 23.7 Å². The second kappa shape index (κ2) is 2.08. The Labute approximate surface area is 183 Å². The molecule has 8 unspecified atom stereocenters. The van der Waals surface area contributed by atoms with Crippen molar-refractivity contribution in [1.29, 1.82) is 0 Å². The molecule has 3 heteroatoms. The Morgan fingerprint density at radius 3 is 1.27 bits per heavy atom. The van der Waals surface area contributed by atoms with Gasteiger partial charge in [-0.2, -0.15) is 0 Å². The molecule has 2 aromatic carbocycles. The van der Waals surface area contributed by atoms with E-state index in [1.807, 2.05) is 12.2 Å². The summed E-state index contributed by atoms with van der Waals surface area (Å²) >= 11 is 0. The Morgan fingerprint density at radius 1 is 0.636 bits per heavy atom. The summed E-state index contributed by atoms with van der Waals surface area (Å²) in [5.41, 5.74) is 4.73. The zero-order valence-corrected chi connectivity index (χ0v) is 19.8. The van der Waals surface area contributed by atoms with Gasteiger partial charge in [-0.05, 0) is 0 Å². The SMILES string of the molecule is Cc1ccc(C=CC(=O)[C]23[CH]4[CH]5[CH]6[CH]2[Fe]56432789[CH]3[CH]2[CH]7[C]8(C(=O)C=Cc2ccc(C)cc2)[CH]39)cc1. The van der Waals surface area contributed by atoms with Crippen LogP contribution in [0.2, 0.25) is 47.2 Å². The standard InChI is InChI=1S/2C15H13O.Fe/c2*1-12-6-8-13(9-7-12)10-11-15(16)14-4-2-3-5-14;/h2*2-11H,1H3;. The van der Waals surface area contributed by atoms with Gasteiger partial charge in [0.15, 0.2) is 0 Å². The third-order valence-electron chi connectivity index (χ3n) is 18.6. The fourth-order valence-electron chi connectivity index (χ4n) is 19.8. The van der Waals surface area contributed by atoms with E-state index >= 15 is 0 Å². The van der Waals surface area contributed by atoms with E-state index in [2.05, 4.69) is 74.5 Å². The van der Waals surface area contributed by atoms with Gasteiger partial charge >= 0.3 is 184 Å². The molecule has 0 N–H and O–H groups in total. The van der Waals surface area contributed by atoms with Crippen LogP contribution in [0.4, 0.5) is 0 Å². The molecule has 2 aromatic rings. The van der Waals surface area contributed by atoms with E-state index in [1.165, 1.54) is 11.1 Å². The molecule has 12 rings (SSSR count). The molecule has 0 aromatic heterocycles. The van der Waals surface area contributed by atoms with E-state index in [9.17, 15) is 9.59 Å². The van der Waals surface area contributed by atoms with Crippen molar-refractivity contribution < 1.29 is 16.1 Å². The third kappa shape index (κ3) is 0.325. The number of carbonyl (C=O) groups is 2. The van der Waals surface area contributed by atoms with Crippen LogP contribution in [0.3, 0.4) is 0 Å². The molecule has 0 aliphatic carbocycles. The summed E-state index contributed by atoms with van der Waals surface area (Å²) in [6, 6.07) is 16.9. The van der Waals surface area contributed by atoms with Gasteiger partial charge in [-0.25, -0.2) is 0 Å². The first-order valence-corrected chi connectivity index (χ1v) is 18.7. The fourth-order valence-corrected chi connectivity index (χ4v) is 95.4. The van der Waals surface area contributed by atoms with Gasteiger partial charge in [0.2, 0.25) is 0 Å². The molecule has 10 heterocycles. The zero-order chi connectivity index (χ0) is 21.9. The zero-order valence-electron chi connectivity index (χ0n) is 18.7. The quantitative estimate of drug-likeness (QED) is 0.325. The minimum absolute atomic E-state index is 0.0446. The van der Waals surface area contributed by atoms with E-state index in [0.717, 1.165) is 49.7 Å². The number of hydrogen-bond acceptors (Lipinski definition) is 2. The van der Waals surface area contributed by atoms with Crippen LogP contribution < -0.4 is 0 Å². The predicted octanol–water partition coefficient (Wildman–Crippen LogP) is 7.30. The average Bonchev–Trinajstić information content (AvgIpc) is 3.76. The van der Waals surface area contributed by atoms with Gasteiger partial charge in [-0.15, -0.1) is 0 Å². The van der Waals surface area contributed by atoms with Gasteiger partial charge in [0, 0.05) is 0 Å². The Bertz CT molecular complexity index is 1770. The molecule has 10 fully saturated rings. The molecule has 10 aliphatic heterocycles. The first kappa shape index (κ1) is 15.6. The fraction of sp³-hybridized carbons (Fsp3) is 0.400. The van der Waals surface area contributed by atoms with Crippen LogP contribution >= 0.6 is 0 Å². The maximum absolute atomic E-state index is 14.0. The normalized spacial score (nSPS) is 69.5. The molecule has 0 radical (unpaired) electrons. The molecule has 0 bridgehead atoms. The summed E-state index contributed by atoms with van der Waals surface area (Å²) in [5, 5.41) is 0. The van der Waals surface area contributed by atoms with Crippen LogP contribution in [-0.2, 0) is 16.1 Å². The molecular weight excluding hydrogens is 448 g/mol. The van der Waals surface area contributed by atoms with Gasteiger partial charge in [-0.1, -0.05) is 0 Å². The average molecular weight is 474 g/mol. The van der Waals surface area contributed by atoms with Crippen molar-refractivity contribution in [1.82, 2.24) is 0 Å². The van der Waals surface area contributed by atoms with Gasteiger partial charge in [0.25, 0.3) is 0 Å². The molecule has 10 aliphatic rings. The first-order valence-electron chi connectivity index (χ1n) is 12.5. The molecule has 166 valence electrons. The van der Waals surface area contributed by atoms with Crippen molar-refractivity contribution in [3.63, 3.8) is 0 Å². The summed E-state index contributed by atoms with van der Waals surface area (Å²) in [4.78, 5) is 34.8. The molecule has 0 amide bonds. The molecule has 2 nitrogen and oxygen atoms in total.